The van der Waals surface area contributed by atoms with Gasteiger partial charge in [0.05, 0.1) is 16.2 Å². The van der Waals surface area contributed by atoms with Crippen molar-refractivity contribution in [2.75, 3.05) is 0 Å². The molecule has 4 rings (SSSR count). The van der Waals surface area contributed by atoms with E-state index < -0.39 is 11.3 Å². The van der Waals surface area contributed by atoms with Crippen LogP contribution >= 0.6 is 22.9 Å². The molecule has 3 aromatic heterocycles. The number of nitrogens with one attached hydrogen (secondary N) is 1. The van der Waals surface area contributed by atoms with Crippen molar-refractivity contribution in [1.82, 2.24) is 14.5 Å². The number of hydrogen-bond donors (Lipinski definition) is 2. The van der Waals surface area contributed by atoms with E-state index in [1.165, 1.54) is 6.07 Å². The summed E-state index contributed by atoms with van der Waals surface area (Å²) in [6, 6.07) is 10.7. The number of fused-ring (bicyclic) bond motifs is 1. The third-order valence-corrected chi connectivity index (χ3v) is 5.10. The molecule has 0 spiro atoms. The molecule has 0 radical (unpaired) electrons. The van der Waals surface area contributed by atoms with Gasteiger partial charge in [0.15, 0.2) is 11.3 Å². The summed E-state index contributed by atoms with van der Waals surface area (Å²) in [6.45, 7) is 1.95. The smallest absolute Gasteiger partial charge is 0.270 e. The number of aryl methyl sites for hydroxylation is 1. The van der Waals surface area contributed by atoms with Gasteiger partial charge in [0.25, 0.3) is 5.56 Å². The van der Waals surface area contributed by atoms with E-state index in [4.69, 9.17) is 16.9 Å². The minimum atomic E-state index is -0.652. The molecule has 0 amide bonds. The van der Waals surface area contributed by atoms with Crippen molar-refractivity contribution in [3.05, 3.63) is 61.8 Å². The quantitative estimate of drug-likeness (QED) is 0.548. The molecule has 8 heteroatoms. The van der Waals surface area contributed by atoms with Crippen LogP contribution in [0.3, 0.4) is 0 Å². The zero-order valence-corrected chi connectivity index (χ0v) is 15.0. The Morgan fingerprint density at radius 2 is 2.08 bits per heavy atom. The molecule has 4 aromatic rings. The Bertz CT molecular complexity index is 1250. The summed E-state index contributed by atoms with van der Waals surface area (Å²) >= 11 is 7.90. The monoisotopic (exact) mass is 382 g/mol. The fraction of sp³-hybridized carbons (Fsp3) is 0.0556. The van der Waals surface area contributed by atoms with Crippen molar-refractivity contribution >= 4 is 34.0 Å². The first-order valence-electron chi connectivity index (χ1n) is 7.59. The highest BCUT2D eigenvalue weighted by molar-refractivity contribution is 7.09. The highest BCUT2D eigenvalue weighted by atomic mass is 35.5. The molecule has 0 saturated carbocycles. The number of benzene rings is 1. The Kier molecular flexibility index (Phi) is 3.80. The number of thiazole rings is 1. The summed E-state index contributed by atoms with van der Waals surface area (Å²) in [6.07, 6.45) is 0. The number of aromatic hydroxyl groups is 1. The molecule has 6 nitrogen and oxygen atoms in total. The Morgan fingerprint density at radius 3 is 2.69 bits per heavy atom. The average molecular weight is 383 g/mol. The second-order valence-electron chi connectivity index (χ2n) is 5.65. The summed E-state index contributed by atoms with van der Waals surface area (Å²) in [5, 5.41) is 22.8. The normalized spacial score (nSPS) is 11.0. The molecule has 0 aliphatic heterocycles. The maximum atomic E-state index is 11.8. The van der Waals surface area contributed by atoms with Crippen LogP contribution < -0.4 is 5.56 Å². The minimum absolute atomic E-state index is 0.281. The Labute approximate surface area is 156 Å². The molecule has 26 heavy (non-hydrogen) atoms. The van der Waals surface area contributed by atoms with E-state index in [1.807, 2.05) is 36.6 Å². The van der Waals surface area contributed by atoms with Gasteiger partial charge in [0.2, 0.25) is 0 Å². The molecule has 0 saturated heterocycles. The number of nitriles is 1. The van der Waals surface area contributed by atoms with Gasteiger partial charge in [0, 0.05) is 16.6 Å². The summed E-state index contributed by atoms with van der Waals surface area (Å²) in [5.74, 6) is -0.391. The number of aromatic amines is 1. The predicted molar refractivity (Wildman–Crippen MR) is 101 cm³/mol. The Hall–Kier alpha value is -3.08. The molecule has 0 atom stereocenters. The van der Waals surface area contributed by atoms with Gasteiger partial charge in [-0.15, -0.1) is 11.3 Å². The summed E-state index contributed by atoms with van der Waals surface area (Å²) in [5.41, 5.74) is 2.18. The maximum Gasteiger partial charge on any atom is 0.270 e. The SMILES string of the molecule is Cc1nc(-c2ccc(-n3c(Cl)cc4[nH]c(=O)c(C#N)c(O)c43)cc2)cs1. The number of halogens is 1. The van der Waals surface area contributed by atoms with E-state index >= 15 is 0 Å². The second-order valence-corrected chi connectivity index (χ2v) is 7.10. The van der Waals surface area contributed by atoms with Crippen molar-refractivity contribution in [2.45, 2.75) is 6.92 Å². The molecule has 0 fully saturated rings. The van der Waals surface area contributed by atoms with Crippen LogP contribution in [0.25, 0.3) is 28.0 Å². The van der Waals surface area contributed by atoms with E-state index in [9.17, 15) is 9.90 Å². The van der Waals surface area contributed by atoms with Crippen molar-refractivity contribution in [3.63, 3.8) is 0 Å². The van der Waals surface area contributed by atoms with E-state index in [1.54, 1.807) is 22.0 Å². The molecular formula is C18H11ClN4O2S. The van der Waals surface area contributed by atoms with Crippen molar-refractivity contribution in [1.29, 1.82) is 5.26 Å². The highest BCUT2D eigenvalue weighted by Gasteiger charge is 2.19. The average Bonchev–Trinajstić information content (AvgIpc) is 3.18. The fourth-order valence-corrected chi connectivity index (χ4v) is 3.77. The molecule has 0 aliphatic carbocycles. The van der Waals surface area contributed by atoms with Gasteiger partial charge in [0.1, 0.15) is 16.7 Å². The van der Waals surface area contributed by atoms with Crippen LogP contribution in [0.15, 0.2) is 40.5 Å². The van der Waals surface area contributed by atoms with Gasteiger partial charge in [-0.05, 0) is 25.1 Å². The van der Waals surface area contributed by atoms with Crippen LogP contribution in [-0.4, -0.2) is 19.6 Å². The maximum absolute atomic E-state index is 11.8. The van der Waals surface area contributed by atoms with E-state index in [0.717, 1.165) is 16.3 Å². The number of hydrogen-bond acceptors (Lipinski definition) is 5. The van der Waals surface area contributed by atoms with Crippen LogP contribution in [0.1, 0.15) is 10.6 Å². The standard InChI is InChI=1S/C18H11ClN4O2S/c1-9-21-14(8-26-9)10-2-4-11(5-3-10)23-15(19)6-13-16(23)17(24)12(7-20)18(25)22-13/h2-6,8H,1H3,(H2,22,24,25). The topological polar surface area (TPSA) is 94.7 Å². The highest BCUT2D eigenvalue weighted by Crippen LogP contribution is 2.33. The van der Waals surface area contributed by atoms with Gasteiger partial charge < -0.3 is 10.1 Å². The molecule has 0 aliphatic rings. The second kappa shape index (κ2) is 6.02. The van der Waals surface area contributed by atoms with Crippen molar-refractivity contribution < 1.29 is 5.11 Å². The van der Waals surface area contributed by atoms with Crippen molar-refractivity contribution in [3.8, 4) is 28.8 Å². The molecule has 128 valence electrons. The zero-order valence-electron chi connectivity index (χ0n) is 13.4. The van der Waals surface area contributed by atoms with Crippen molar-refractivity contribution in [2.24, 2.45) is 0 Å². The lowest BCUT2D eigenvalue weighted by Crippen LogP contribution is -2.10. The first-order chi connectivity index (χ1) is 12.5. The number of pyridine rings is 1. The summed E-state index contributed by atoms with van der Waals surface area (Å²) in [7, 11) is 0. The first-order valence-corrected chi connectivity index (χ1v) is 8.84. The van der Waals surface area contributed by atoms with Gasteiger partial charge in [-0.25, -0.2) is 4.98 Å². The third kappa shape index (κ3) is 2.47. The molecule has 0 bridgehead atoms. The third-order valence-electron chi connectivity index (χ3n) is 4.04. The van der Waals surface area contributed by atoms with E-state index in [-0.39, 0.29) is 11.1 Å². The molecule has 0 unspecified atom stereocenters. The number of rotatable bonds is 2. The number of nitrogens with zero attached hydrogens (tertiary/aromatic N) is 3. The molecule has 1 aromatic carbocycles. The lowest BCUT2D eigenvalue weighted by atomic mass is 10.1. The Morgan fingerprint density at radius 1 is 1.35 bits per heavy atom. The summed E-state index contributed by atoms with van der Waals surface area (Å²) < 4.78 is 1.58. The lowest BCUT2D eigenvalue weighted by Gasteiger charge is -2.09. The van der Waals surface area contributed by atoms with Gasteiger partial charge in [-0.1, -0.05) is 23.7 Å². The van der Waals surface area contributed by atoms with Crippen LogP contribution in [0.5, 0.6) is 5.75 Å². The van der Waals surface area contributed by atoms with Gasteiger partial charge in [-0.2, -0.15) is 5.26 Å². The predicted octanol–water partition coefficient (Wildman–Crippen LogP) is 3.98. The first kappa shape index (κ1) is 16.4. The summed E-state index contributed by atoms with van der Waals surface area (Å²) in [4.78, 5) is 18.9. The van der Waals surface area contributed by atoms with E-state index in [2.05, 4.69) is 9.97 Å². The fourth-order valence-electron chi connectivity index (χ4n) is 2.85. The van der Waals surface area contributed by atoms with Crippen LogP contribution in [0.4, 0.5) is 0 Å². The van der Waals surface area contributed by atoms with Crippen LogP contribution in [0.2, 0.25) is 5.15 Å². The van der Waals surface area contributed by atoms with Crippen LogP contribution in [0, 0.1) is 18.3 Å². The molecule has 3 heterocycles. The van der Waals surface area contributed by atoms with E-state index in [0.29, 0.717) is 16.4 Å². The molecule has 2 N–H and O–H groups in total. The Balaban J connectivity index is 1.90. The van der Waals surface area contributed by atoms with Gasteiger partial charge >= 0.3 is 0 Å². The largest absolute Gasteiger partial charge is 0.504 e. The van der Waals surface area contributed by atoms with Crippen LogP contribution in [-0.2, 0) is 0 Å². The number of H-pyrrole nitrogens is 1. The number of aromatic nitrogens is 3. The molecular weight excluding hydrogens is 372 g/mol. The lowest BCUT2D eigenvalue weighted by molar-refractivity contribution is 0.476. The van der Waals surface area contributed by atoms with Gasteiger partial charge in [-0.3, -0.25) is 9.36 Å². The minimum Gasteiger partial charge on any atom is -0.504 e. The zero-order chi connectivity index (χ0) is 18.4.